The maximum Gasteiger partial charge on any atom is 0.211 e. The molecule has 0 radical (unpaired) electrons. The predicted octanol–water partition coefficient (Wildman–Crippen LogP) is 10.8. The fraction of sp³-hybridized carbons (Fsp3) is 0.500. The van der Waals surface area contributed by atoms with Gasteiger partial charge >= 0.3 is 0 Å². The number of rotatable bonds is 21. The highest BCUT2D eigenvalue weighted by atomic mass is 35.7. The van der Waals surface area contributed by atoms with Gasteiger partial charge in [-0.05, 0) is 119 Å². The Morgan fingerprint density at radius 1 is 0.636 bits per heavy atom. The monoisotopic (exact) mass is 635 g/mol. The van der Waals surface area contributed by atoms with Crippen molar-refractivity contribution in [2.24, 2.45) is 0 Å². The molecular formula is C40H57ClO2P+. The van der Waals surface area contributed by atoms with Crippen molar-refractivity contribution in [1.82, 2.24) is 0 Å². The lowest BCUT2D eigenvalue weighted by atomic mass is 10.0. The van der Waals surface area contributed by atoms with Crippen molar-refractivity contribution in [3.05, 3.63) is 101 Å². The lowest BCUT2D eigenvalue weighted by Crippen LogP contribution is -2.32. The van der Waals surface area contributed by atoms with Crippen molar-refractivity contribution in [2.75, 3.05) is 13.2 Å². The molecule has 44 heavy (non-hydrogen) atoms. The van der Waals surface area contributed by atoms with Crippen LogP contribution in [0.5, 0.6) is 0 Å². The summed E-state index contributed by atoms with van der Waals surface area (Å²) in [7, 11) is 0. The summed E-state index contributed by atoms with van der Waals surface area (Å²) in [5.41, 5.74) is 5.28. The van der Waals surface area contributed by atoms with Crippen molar-refractivity contribution in [2.45, 2.75) is 118 Å². The second-order valence-corrected chi connectivity index (χ2v) is 16.2. The van der Waals surface area contributed by atoms with E-state index in [1.807, 2.05) is 0 Å². The summed E-state index contributed by atoms with van der Waals surface area (Å²) in [5, 5.41) is 3.83. The molecule has 0 atom stereocenters. The minimum atomic E-state index is -2.31. The van der Waals surface area contributed by atoms with Gasteiger partial charge in [0.15, 0.2) is 6.29 Å². The van der Waals surface area contributed by atoms with Crippen LogP contribution < -0.4 is 15.9 Å². The Kier molecular flexibility index (Phi) is 16.8. The largest absolute Gasteiger partial charge is 0.353 e. The molecule has 0 aromatic heterocycles. The molecule has 0 spiro atoms. The Morgan fingerprint density at radius 3 is 1.75 bits per heavy atom. The van der Waals surface area contributed by atoms with Crippen LogP contribution in [-0.2, 0) is 15.9 Å². The first-order valence-corrected chi connectivity index (χ1v) is 19.8. The SMILES string of the molecule is CCCCOC(CCCCC/C=C\CCCc1cccc([P+](Cl)(c2ccccc2C)c2ccccc2C)c1C)OCCCC. The highest BCUT2D eigenvalue weighted by Gasteiger charge is 2.48. The highest BCUT2D eigenvalue weighted by molar-refractivity contribution is 8.15. The van der Waals surface area contributed by atoms with E-state index in [4.69, 9.17) is 20.7 Å². The van der Waals surface area contributed by atoms with Crippen LogP contribution in [0.25, 0.3) is 0 Å². The van der Waals surface area contributed by atoms with Gasteiger partial charge in [-0.2, -0.15) is 0 Å². The molecular weight excluding hydrogens is 579 g/mol. The van der Waals surface area contributed by atoms with Crippen molar-refractivity contribution in [1.29, 1.82) is 0 Å². The smallest absolute Gasteiger partial charge is 0.211 e. The number of benzene rings is 3. The number of aryl methyl sites for hydroxylation is 3. The number of ether oxygens (including phenoxy) is 2. The zero-order chi connectivity index (χ0) is 31.6. The third-order valence-electron chi connectivity index (χ3n) is 8.54. The third-order valence-corrected chi connectivity index (χ3v) is 13.7. The first-order valence-electron chi connectivity index (χ1n) is 17.1. The van der Waals surface area contributed by atoms with E-state index < -0.39 is 6.62 Å². The Balaban J connectivity index is 1.52. The fourth-order valence-electron chi connectivity index (χ4n) is 5.81. The molecule has 0 aliphatic heterocycles. The van der Waals surface area contributed by atoms with Gasteiger partial charge in [0, 0.05) is 13.2 Å². The summed E-state index contributed by atoms with van der Waals surface area (Å²) >= 11 is 7.92. The summed E-state index contributed by atoms with van der Waals surface area (Å²) in [6.07, 6.45) is 18.4. The normalized spacial score (nSPS) is 12.1. The van der Waals surface area contributed by atoms with Gasteiger partial charge in [-0.15, -0.1) is 0 Å². The molecule has 3 aromatic carbocycles. The molecule has 0 N–H and O–H groups in total. The summed E-state index contributed by atoms with van der Waals surface area (Å²) in [6.45, 7) is 10.4. The standard InChI is InChI=1S/C40H57ClO2P/c1-6-8-31-42-40(43-32-9-7-2)30-17-15-13-11-10-12-14-16-25-36-26-22-29-39(35(36)5)44(41,37-27-20-18-23-33(37)3)38-28-21-19-24-34(38)4/h10,12,18-24,26-29,40H,6-9,11,13-17,25,30-32H2,1-5H3/q+1/b12-10-. The second kappa shape index (κ2) is 20.2. The van der Waals surface area contributed by atoms with Crippen molar-refractivity contribution < 1.29 is 9.47 Å². The minimum Gasteiger partial charge on any atom is -0.353 e. The molecule has 0 saturated carbocycles. The van der Waals surface area contributed by atoms with Crippen molar-refractivity contribution >= 4 is 33.8 Å². The van der Waals surface area contributed by atoms with Crippen LogP contribution in [0.3, 0.4) is 0 Å². The van der Waals surface area contributed by atoms with Crippen LogP contribution in [0.2, 0.25) is 0 Å². The molecule has 3 aromatic rings. The average Bonchev–Trinajstić information content (AvgIpc) is 3.02. The third kappa shape index (κ3) is 10.8. The first-order chi connectivity index (χ1) is 21.4. The van der Waals surface area contributed by atoms with Gasteiger partial charge < -0.3 is 9.47 Å². The van der Waals surface area contributed by atoms with Crippen molar-refractivity contribution in [3.8, 4) is 0 Å². The van der Waals surface area contributed by atoms with Gasteiger partial charge in [0.05, 0.1) is 0 Å². The molecule has 0 fully saturated rings. The molecule has 0 saturated heterocycles. The lowest BCUT2D eigenvalue weighted by molar-refractivity contribution is -0.147. The van der Waals surface area contributed by atoms with Crippen LogP contribution in [0.15, 0.2) is 78.9 Å². The topological polar surface area (TPSA) is 18.5 Å². The Labute approximate surface area is 274 Å². The van der Waals surface area contributed by atoms with Crippen LogP contribution >= 0.6 is 17.9 Å². The second-order valence-electron chi connectivity index (χ2n) is 12.1. The van der Waals surface area contributed by atoms with Crippen LogP contribution in [0.4, 0.5) is 0 Å². The molecule has 3 rings (SSSR count). The van der Waals surface area contributed by atoms with Crippen LogP contribution in [-0.4, -0.2) is 19.5 Å². The van der Waals surface area contributed by atoms with E-state index in [0.29, 0.717) is 0 Å². The molecule has 0 bridgehead atoms. The van der Waals surface area contributed by atoms with Gasteiger partial charge in [-0.25, -0.2) is 0 Å². The molecule has 0 unspecified atom stereocenters. The summed E-state index contributed by atoms with van der Waals surface area (Å²) in [5.74, 6) is 0. The number of allylic oxidation sites excluding steroid dienone is 2. The van der Waals surface area contributed by atoms with Gasteiger partial charge in [0.1, 0.15) is 27.2 Å². The van der Waals surface area contributed by atoms with Crippen molar-refractivity contribution in [3.63, 3.8) is 0 Å². The van der Waals surface area contributed by atoms with Gasteiger partial charge in [-0.1, -0.05) is 93.8 Å². The predicted molar refractivity (Wildman–Crippen MR) is 196 cm³/mol. The zero-order valence-electron chi connectivity index (χ0n) is 28.1. The van der Waals surface area contributed by atoms with Crippen LogP contribution in [0.1, 0.15) is 107 Å². The number of halogens is 1. The average molecular weight is 636 g/mol. The van der Waals surface area contributed by atoms with E-state index in [0.717, 1.165) is 71.0 Å². The maximum absolute atomic E-state index is 7.92. The Morgan fingerprint density at radius 2 is 1.18 bits per heavy atom. The Hall–Kier alpha value is -1.96. The first kappa shape index (κ1) is 36.5. The molecule has 240 valence electrons. The van der Waals surface area contributed by atoms with E-state index in [1.165, 1.54) is 57.4 Å². The molecule has 0 heterocycles. The minimum absolute atomic E-state index is 0.0230. The number of hydrogen-bond acceptors (Lipinski definition) is 2. The zero-order valence-corrected chi connectivity index (χ0v) is 29.8. The van der Waals surface area contributed by atoms with Gasteiger partial charge in [-0.3, -0.25) is 0 Å². The lowest BCUT2D eigenvalue weighted by Gasteiger charge is -2.24. The molecule has 0 aliphatic carbocycles. The van der Waals surface area contributed by atoms with Gasteiger partial charge in [0.2, 0.25) is 6.62 Å². The summed E-state index contributed by atoms with van der Waals surface area (Å²) in [6, 6.07) is 24.1. The quantitative estimate of drug-likeness (QED) is 0.0502. The molecule has 0 amide bonds. The maximum atomic E-state index is 7.92. The molecule has 0 aliphatic rings. The highest BCUT2D eigenvalue weighted by Crippen LogP contribution is 2.62. The van der Waals surface area contributed by atoms with Gasteiger partial charge in [0.25, 0.3) is 0 Å². The summed E-state index contributed by atoms with van der Waals surface area (Å²) < 4.78 is 12.0. The van der Waals surface area contributed by atoms with E-state index >= 15 is 0 Å². The van der Waals surface area contributed by atoms with E-state index in [-0.39, 0.29) is 6.29 Å². The van der Waals surface area contributed by atoms with E-state index in [1.54, 1.807) is 0 Å². The van der Waals surface area contributed by atoms with Crippen LogP contribution in [0, 0.1) is 20.8 Å². The van der Waals surface area contributed by atoms with E-state index in [2.05, 4.69) is 114 Å². The number of unbranched alkanes of at least 4 members (excludes halogenated alkanes) is 6. The number of hydrogen-bond donors (Lipinski definition) is 0. The fourth-order valence-corrected chi connectivity index (χ4v) is 10.9. The summed E-state index contributed by atoms with van der Waals surface area (Å²) in [4.78, 5) is 0. The molecule has 2 nitrogen and oxygen atoms in total. The van der Waals surface area contributed by atoms with E-state index in [9.17, 15) is 0 Å². The Bertz CT molecular complexity index is 1210. The molecule has 4 heteroatoms.